The van der Waals surface area contributed by atoms with E-state index in [4.69, 9.17) is 5.73 Å². The second kappa shape index (κ2) is 7.82. The van der Waals surface area contributed by atoms with Gasteiger partial charge in [-0.25, -0.2) is 4.98 Å². The molecule has 4 nitrogen and oxygen atoms in total. The minimum absolute atomic E-state index is 0. The third-order valence-corrected chi connectivity index (χ3v) is 4.51. The number of carbonyl (C=O) groups excluding carboxylic acids is 1. The number of anilines is 1. The summed E-state index contributed by atoms with van der Waals surface area (Å²) in [6.07, 6.45) is 5.86. The Bertz CT molecular complexity index is 422. The van der Waals surface area contributed by atoms with Gasteiger partial charge in [0.05, 0.1) is 5.69 Å². The summed E-state index contributed by atoms with van der Waals surface area (Å²) in [5.74, 6) is 0.817. The third-order valence-electron chi connectivity index (χ3n) is 3.47. The van der Waals surface area contributed by atoms with E-state index in [0.717, 1.165) is 30.3 Å². The van der Waals surface area contributed by atoms with Gasteiger partial charge in [0.1, 0.15) is 0 Å². The van der Waals surface area contributed by atoms with Gasteiger partial charge in [0.15, 0.2) is 5.13 Å². The summed E-state index contributed by atoms with van der Waals surface area (Å²) in [6, 6.07) is 0. The molecule has 1 aromatic rings. The van der Waals surface area contributed by atoms with Crippen molar-refractivity contribution >= 4 is 34.8 Å². The standard InChI is InChI=1S/C13H21N3OS.ClH/c1-2-9-5-6-10-11(8-9)18-13(15-10)16-12(17)4-3-7-14;/h9H,2-8,14H2,1H3,(H,15,16,17);1H. The van der Waals surface area contributed by atoms with Crippen molar-refractivity contribution in [3.8, 4) is 0 Å². The highest BCUT2D eigenvalue weighted by atomic mass is 35.5. The lowest BCUT2D eigenvalue weighted by atomic mass is 9.89. The molecule has 0 radical (unpaired) electrons. The number of carbonyl (C=O) groups is 1. The molecule has 1 aliphatic rings. The van der Waals surface area contributed by atoms with Gasteiger partial charge in [-0.2, -0.15) is 0 Å². The molecule has 1 amide bonds. The van der Waals surface area contributed by atoms with Crippen LogP contribution in [0.15, 0.2) is 0 Å². The molecule has 1 unspecified atom stereocenters. The number of hydrogen-bond acceptors (Lipinski definition) is 4. The highest BCUT2D eigenvalue weighted by molar-refractivity contribution is 7.15. The molecule has 0 saturated carbocycles. The molecule has 1 heterocycles. The van der Waals surface area contributed by atoms with Crippen LogP contribution in [0.4, 0.5) is 5.13 Å². The van der Waals surface area contributed by atoms with Crippen molar-refractivity contribution in [3.63, 3.8) is 0 Å². The van der Waals surface area contributed by atoms with E-state index in [2.05, 4.69) is 17.2 Å². The van der Waals surface area contributed by atoms with Crippen molar-refractivity contribution < 1.29 is 4.79 Å². The molecule has 108 valence electrons. The lowest BCUT2D eigenvalue weighted by Crippen LogP contribution is -2.13. The lowest BCUT2D eigenvalue weighted by molar-refractivity contribution is -0.116. The largest absolute Gasteiger partial charge is 0.330 e. The zero-order valence-electron chi connectivity index (χ0n) is 11.3. The summed E-state index contributed by atoms with van der Waals surface area (Å²) in [5, 5.41) is 3.64. The zero-order chi connectivity index (χ0) is 13.0. The topological polar surface area (TPSA) is 68.0 Å². The maximum atomic E-state index is 11.6. The van der Waals surface area contributed by atoms with Crippen LogP contribution in [-0.2, 0) is 17.6 Å². The first-order chi connectivity index (χ1) is 8.72. The Morgan fingerprint density at radius 1 is 1.58 bits per heavy atom. The predicted octanol–water partition coefficient (Wildman–Crippen LogP) is 2.76. The van der Waals surface area contributed by atoms with Gasteiger partial charge >= 0.3 is 0 Å². The van der Waals surface area contributed by atoms with Crippen LogP contribution in [0.25, 0.3) is 0 Å². The average molecular weight is 304 g/mol. The quantitative estimate of drug-likeness (QED) is 0.879. The number of aromatic nitrogens is 1. The van der Waals surface area contributed by atoms with E-state index in [1.54, 1.807) is 11.3 Å². The molecule has 1 atom stereocenters. The SMILES string of the molecule is CCC1CCc2nc(NC(=O)CCCN)sc2C1.Cl. The molecular weight excluding hydrogens is 282 g/mol. The summed E-state index contributed by atoms with van der Waals surface area (Å²) in [4.78, 5) is 17.5. The van der Waals surface area contributed by atoms with Gasteiger partial charge in [0, 0.05) is 11.3 Å². The van der Waals surface area contributed by atoms with Crippen LogP contribution in [0.5, 0.6) is 0 Å². The van der Waals surface area contributed by atoms with Crippen LogP contribution in [0, 0.1) is 5.92 Å². The van der Waals surface area contributed by atoms with Gasteiger partial charge in [0.25, 0.3) is 0 Å². The van der Waals surface area contributed by atoms with Crippen molar-refractivity contribution in [1.82, 2.24) is 4.98 Å². The first-order valence-corrected chi connectivity index (χ1v) is 7.53. The summed E-state index contributed by atoms with van der Waals surface area (Å²) in [6.45, 7) is 2.80. The molecule has 0 spiro atoms. The van der Waals surface area contributed by atoms with Crippen molar-refractivity contribution in [2.24, 2.45) is 11.7 Å². The van der Waals surface area contributed by atoms with Gasteiger partial charge in [-0.1, -0.05) is 13.3 Å². The monoisotopic (exact) mass is 303 g/mol. The summed E-state index contributed by atoms with van der Waals surface area (Å²) in [5.41, 5.74) is 6.58. The second-order valence-electron chi connectivity index (χ2n) is 4.85. The minimum Gasteiger partial charge on any atom is -0.330 e. The molecule has 0 aromatic carbocycles. The molecular formula is C13H22ClN3OS. The zero-order valence-corrected chi connectivity index (χ0v) is 12.9. The van der Waals surface area contributed by atoms with Crippen molar-refractivity contribution in [3.05, 3.63) is 10.6 Å². The van der Waals surface area contributed by atoms with E-state index in [1.807, 2.05) is 0 Å². The van der Waals surface area contributed by atoms with Crippen LogP contribution in [0.1, 0.15) is 43.2 Å². The van der Waals surface area contributed by atoms with Gasteiger partial charge in [-0.15, -0.1) is 23.7 Å². The van der Waals surface area contributed by atoms with Crippen LogP contribution in [0.3, 0.4) is 0 Å². The van der Waals surface area contributed by atoms with Crippen LogP contribution < -0.4 is 11.1 Å². The molecule has 3 N–H and O–H groups in total. The molecule has 0 aliphatic heterocycles. The summed E-state index contributed by atoms with van der Waals surface area (Å²) >= 11 is 1.64. The number of nitrogens with zero attached hydrogens (tertiary/aromatic N) is 1. The Hall–Kier alpha value is -0.650. The first-order valence-electron chi connectivity index (χ1n) is 6.71. The Morgan fingerprint density at radius 3 is 3.05 bits per heavy atom. The van der Waals surface area contributed by atoms with E-state index >= 15 is 0 Å². The van der Waals surface area contributed by atoms with Crippen molar-refractivity contribution in [2.45, 2.75) is 45.4 Å². The van der Waals surface area contributed by atoms with Crippen LogP contribution in [-0.4, -0.2) is 17.4 Å². The number of hydrogen-bond donors (Lipinski definition) is 2. The molecule has 1 aliphatic carbocycles. The van der Waals surface area contributed by atoms with E-state index in [0.29, 0.717) is 13.0 Å². The number of amides is 1. The number of nitrogens with one attached hydrogen (secondary N) is 1. The molecule has 19 heavy (non-hydrogen) atoms. The highest BCUT2D eigenvalue weighted by Crippen LogP contribution is 2.33. The average Bonchev–Trinajstić information content (AvgIpc) is 2.77. The number of rotatable bonds is 5. The summed E-state index contributed by atoms with van der Waals surface area (Å²) in [7, 11) is 0. The van der Waals surface area contributed by atoms with E-state index in [1.165, 1.54) is 23.4 Å². The smallest absolute Gasteiger partial charge is 0.226 e. The van der Waals surface area contributed by atoms with Gasteiger partial charge in [-0.05, 0) is 38.1 Å². The number of thiazole rings is 1. The van der Waals surface area contributed by atoms with E-state index in [9.17, 15) is 4.79 Å². The van der Waals surface area contributed by atoms with Crippen LogP contribution in [0.2, 0.25) is 0 Å². The van der Waals surface area contributed by atoms with Gasteiger partial charge in [0.2, 0.25) is 5.91 Å². The molecule has 1 aromatic heterocycles. The highest BCUT2D eigenvalue weighted by Gasteiger charge is 2.21. The lowest BCUT2D eigenvalue weighted by Gasteiger charge is -2.18. The Kier molecular flexibility index (Phi) is 6.75. The molecule has 0 fully saturated rings. The number of fused-ring (bicyclic) bond motifs is 1. The fourth-order valence-corrected chi connectivity index (χ4v) is 3.43. The molecule has 2 rings (SSSR count). The first kappa shape index (κ1) is 16.4. The predicted molar refractivity (Wildman–Crippen MR) is 82.1 cm³/mol. The maximum Gasteiger partial charge on any atom is 0.226 e. The normalized spacial score (nSPS) is 17.5. The van der Waals surface area contributed by atoms with Crippen molar-refractivity contribution in [2.75, 3.05) is 11.9 Å². The number of nitrogens with two attached hydrogens (primary N) is 1. The Balaban J connectivity index is 0.00000180. The van der Waals surface area contributed by atoms with Gasteiger partial charge < -0.3 is 11.1 Å². The number of halogens is 1. The maximum absolute atomic E-state index is 11.6. The van der Waals surface area contributed by atoms with E-state index in [-0.39, 0.29) is 18.3 Å². The van der Waals surface area contributed by atoms with Gasteiger partial charge in [-0.3, -0.25) is 4.79 Å². The third kappa shape index (κ3) is 4.44. The molecule has 6 heteroatoms. The van der Waals surface area contributed by atoms with Crippen molar-refractivity contribution in [1.29, 1.82) is 0 Å². The Labute approximate surface area is 124 Å². The molecule has 0 saturated heterocycles. The number of aryl methyl sites for hydroxylation is 1. The second-order valence-corrected chi connectivity index (χ2v) is 5.93. The van der Waals surface area contributed by atoms with E-state index < -0.39 is 0 Å². The Morgan fingerprint density at radius 2 is 2.37 bits per heavy atom. The fraction of sp³-hybridized carbons (Fsp3) is 0.692. The molecule has 0 bridgehead atoms. The summed E-state index contributed by atoms with van der Waals surface area (Å²) < 4.78 is 0. The van der Waals surface area contributed by atoms with Crippen LogP contribution >= 0.6 is 23.7 Å². The minimum atomic E-state index is 0. The fourth-order valence-electron chi connectivity index (χ4n) is 2.29.